The number of piperazine rings is 1. The molecule has 0 unspecified atom stereocenters. The van der Waals surface area contributed by atoms with E-state index in [2.05, 4.69) is 46.2 Å². The summed E-state index contributed by atoms with van der Waals surface area (Å²) in [6.45, 7) is 5.23. The number of rotatable bonds is 5. The lowest BCUT2D eigenvalue weighted by Gasteiger charge is -2.35. The quantitative estimate of drug-likeness (QED) is 0.582. The Labute approximate surface area is 169 Å². The van der Waals surface area contributed by atoms with Crippen LogP contribution in [0.1, 0.15) is 16.7 Å². The van der Waals surface area contributed by atoms with Crippen LogP contribution < -0.4 is 0 Å². The Bertz CT molecular complexity index is 959. The molecule has 1 saturated heterocycles. The van der Waals surface area contributed by atoms with Gasteiger partial charge in [0.25, 0.3) is 0 Å². The van der Waals surface area contributed by atoms with E-state index in [9.17, 15) is 13.2 Å². The molecule has 0 amide bonds. The molecule has 0 N–H and O–H groups in total. The van der Waals surface area contributed by atoms with Gasteiger partial charge in [-0.1, -0.05) is 54.6 Å². The molecule has 4 rings (SSSR count). The van der Waals surface area contributed by atoms with Gasteiger partial charge in [0.1, 0.15) is 0 Å². The Balaban J connectivity index is 1.30. The predicted molar refractivity (Wildman–Crippen MR) is 111 cm³/mol. The fraction of sp³-hybridized carbons (Fsp3) is 0.333. The minimum Gasteiger partial charge on any atom is -0.300 e. The van der Waals surface area contributed by atoms with E-state index in [-0.39, 0.29) is 0 Å². The molecular formula is C24H25F3N2. The van der Waals surface area contributed by atoms with E-state index in [1.165, 1.54) is 28.5 Å². The maximum absolute atomic E-state index is 13.1. The summed E-state index contributed by atoms with van der Waals surface area (Å²) in [5.41, 5.74) is 1.18. The lowest BCUT2D eigenvalue weighted by Crippen LogP contribution is -2.46. The SMILES string of the molecule is FC(F)(F)c1ccccc1CCN1CCN(Cc2ccc3ccccc3c2)CC1. The monoisotopic (exact) mass is 398 g/mol. The van der Waals surface area contributed by atoms with Gasteiger partial charge in [0.15, 0.2) is 0 Å². The molecule has 0 radical (unpaired) electrons. The largest absolute Gasteiger partial charge is 0.416 e. The maximum Gasteiger partial charge on any atom is 0.416 e. The van der Waals surface area contributed by atoms with Gasteiger partial charge in [0.05, 0.1) is 5.56 Å². The molecule has 0 aromatic heterocycles. The molecular weight excluding hydrogens is 373 g/mol. The first-order valence-electron chi connectivity index (χ1n) is 10.1. The van der Waals surface area contributed by atoms with E-state index in [4.69, 9.17) is 0 Å². The van der Waals surface area contributed by atoms with Crippen LogP contribution in [-0.2, 0) is 19.1 Å². The van der Waals surface area contributed by atoms with Crippen molar-refractivity contribution in [2.24, 2.45) is 0 Å². The first-order chi connectivity index (χ1) is 14.0. The summed E-state index contributed by atoms with van der Waals surface area (Å²) in [5, 5.41) is 2.51. The molecule has 1 heterocycles. The van der Waals surface area contributed by atoms with Crippen molar-refractivity contribution in [2.45, 2.75) is 19.1 Å². The summed E-state index contributed by atoms with van der Waals surface area (Å²) in [4.78, 5) is 4.69. The standard InChI is InChI=1S/C24H25F3N2/c25-24(26,27)23-8-4-3-6-21(23)11-12-28-13-15-29(16-14-28)18-19-9-10-20-5-1-2-7-22(20)17-19/h1-10,17H,11-16,18H2. The highest BCUT2D eigenvalue weighted by Crippen LogP contribution is 2.32. The second-order valence-corrected chi connectivity index (χ2v) is 7.70. The van der Waals surface area contributed by atoms with Crippen LogP contribution in [0, 0.1) is 0 Å². The Morgan fingerprint density at radius 2 is 1.38 bits per heavy atom. The highest BCUT2D eigenvalue weighted by Gasteiger charge is 2.32. The van der Waals surface area contributed by atoms with Crippen molar-refractivity contribution >= 4 is 10.8 Å². The Hall–Kier alpha value is -2.37. The zero-order valence-electron chi connectivity index (χ0n) is 16.3. The highest BCUT2D eigenvalue weighted by atomic mass is 19.4. The van der Waals surface area contributed by atoms with Gasteiger partial charge in [-0.25, -0.2) is 0 Å². The molecule has 1 aliphatic heterocycles. The normalized spacial score (nSPS) is 16.4. The molecule has 152 valence electrons. The average Bonchev–Trinajstić information content (AvgIpc) is 2.73. The van der Waals surface area contributed by atoms with E-state index in [1.807, 2.05) is 6.07 Å². The van der Waals surface area contributed by atoms with E-state index < -0.39 is 11.7 Å². The molecule has 0 bridgehead atoms. The average molecular weight is 398 g/mol. The molecule has 3 aromatic rings. The number of benzene rings is 3. The third kappa shape index (κ3) is 4.98. The number of halogens is 3. The van der Waals surface area contributed by atoms with Gasteiger partial charge in [-0.15, -0.1) is 0 Å². The van der Waals surface area contributed by atoms with Gasteiger partial charge < -0.3 is 4.90 Å². The minimum absolute atomic E-state index is 0.388. The molecule has 0 atom stereocenters. The molecule has 5 heteroatoms. The molecule has 1 fully saturated rings. The van der Waals surface area contributed by atoms with Crippen molar-refractivity contribution in [3.05, 3.63) is 83.4 Å². The first-order valence-corrected chi connectivity index (χ1v) is 10.1. The Morgan fingerprint density at radius 1 is 0.724 bits per heavy atom. The van der Waals surface area contributed by atoms with Crippen molar-refractivity contribution in [3.8, 4) is 0 Å². The minimum atomic E-state index is -4.28. The van der Waals surface area contributed by atoms with Crippen LogP contribution in [0.4, 0.5) is 13.2 Å². The number of fused-ring (bicyclic) bond motifs is 1. The van der Waals surface area contributed by atoms with Gasteiger partial charge in [0.2, 0.25) is 0 Å². The van der Waals surface area contributed by atoms with Gasteiger partial charge in [-0.3, -0.25) is 4.90 Å². The summed E-state index contributed by atoms with van der Waals surface area (Å²) in [6, 6.07) is 20.9. The zero-order valence-corrected chi connectivity index (χ0v) is 16.3. The number of hydrogen-bond donors (Lipinski definition) is 0. The van der Waals surface area contributed by atoms with E-state index in [0.29, 0.717) is 18.5 Å². The lowest BCUT2D eigenvalue weighted by atomic mass is 10.0. The van der Waals surface area contributed by atoms with Crippen LogP contribution >= 0.6 is 0 Å². The van der Waals surface area contributed by atoms with Crippen LogP contribution in [0.5, 0.6) is 0 Å². The smallest absolute Gasteiger partial charge is 0.300 e. The fourth-order valence-electron chi connectivity index (χ4n) is 4.06. The summed E-state index contributed by atoms with van der Waals surface area (Å²) in [6.07, 6.45) is -3.85. The van der Waals surface area contributed by atoms with Crippen molar-refractivity contribution in [1.29, 1.82) is 0 Å². The molecule has 0 saturated carbocycles. The molecule has 3 aromatic carbocycles. The van der Waals surface area contributed by atoms with Crippen molar-refractivity contribution in [2.75, 3.05) is 32.7 Å². The summed E-state index contributed by atoms with van der Waals surface area (Å²) >= 11 is 0. The van der Waals surface area contributed by atoms with Crippen LogP contribution in [-0.4, -0.2) is 42.5 Å². The lowest BCUT2D eigenvalue weighted by molar-refractivity contribution is -0.138. The second kappa shape index (κ2) is 8.56. The Morgan fingerprint density at radius 3 is 2.14 bits per heavy atom. The van der Waals surface area contributed by atoms with Crippen molar-refractivity contribution < 1.29 is 13.2 Å². The molecule has 0 aliphatic carbocycles. The number of hydrogen-bond acceptors (Lipinski definition) is 2. The first kappa shape index (κ1) is 19.9. The highest BCUT2D eigenvalue weighted by molar-refractivity contribution is 5.82. The van der Waals surface area contributed by atoms with Gasteiger partial charge in [-0.05, 0) is 40.5 Å². The zero-order chi connectivity index (χ0) is 20.3. The fourth-order valence-corrected chi connectivity index (χ4v) is 4.06. The molecule has 1 aliphatic rings. The molecule has 29 heavy (non-hydrogen) atoms. The number of nitrogens with zero attached hydrogens (tertiary/aromatic N) is 2. The van der Waals surface area contributed by atoms with Crippen LogP contribution in [0.15, 0.2) is 66.7 Å². The second-order valence-electron chi connectivity index (χ2n) is 7.70. The predicted octanol–water partition coefficient (Wildman–Crippen LogP) is 5.22. The van der Waals surface area contributed by atoms with Gasteiger partial charge in [0, 0.05) is 39.3 Å². The topological polar surface area (TPSA) is 6.48 Å². The summed E-state index contributed by atoms with van der Waals surface area (Å²) < 4.78 is 39.4. The van der Waals surface area contributed by atoms with Crippen molar-refractivity contribution in [3.63, 3.8) is 0 Å². The van der Waals surface area contributed by atoms with Crippen molar-refractivity contribution in [1.82, 2.24) is 9.80 Å². The number of alkyl halides is 3. The van der Waals surface area contributed by atoms with Gasteiger partial charge >= 0.3 is 6.18 Å². The molecule has 0 spiro atoms. The van der Waals surface area contributed by atoms with E-state index >= 15 is 0 Å². The third-order valence-electron chi connectivity index (χ3n) is 5.71. The summed E-state index contributed by atoms with van der Waals surface area (Å²) in [7, 11) is 0. The van der Waals surface area contributed by atoms with E-state index in [0.717, 1.165) is 32.7 Å². The third-order valence-corrected chi connectivity index (χ3v) is 5.71. The van der Waals surface area contributed by atoms with Crippen LogP contribution in [0.25, 0.3) is 10.8 Å². The van der Waals surface area contributed by atoms with E-state index in [1.54, 1.807) is 12.1 Å². The van der Waals surface area contributed by atoms with Gasteiger partial charge in [-0.2, -0.15) is 13.2 Å². The maximum atomic E-state index is 13.1. The van der Waals surface area contributed by atoms with Crippen LogP contribution in [0.2, 0.25) is 0 Å². The van der Waals surface area contributed by atoms with Crippen LogP contribution in [0.3, 0.4) is 0 Å². The Kier molecular flexibility index (Phi) is 5.88. The molecule has 2 nitrogen and oxygen atoms in total. The summed E-state index contributed by atoms with van der Waals surface area (Å²) in [5.74, 6) is 0.